The Balaban J connectivity index is 1.90. The molecule has 0 radical (unpaired) electrons. The Kier molecular flexibility index (Phi) is 9.28. The highest BCUT2D eigenvalue weighted by Crippen LogP contribution is 2.47. The molecule has 9 nitrogen and oxygen atoms in total. The van der Waals surface area contributed by atoms with Crippen LogP contribution in [0, 0.1) is 0 Å². The fraction of sp³-hybridized carbons (Fsp3) is 0.448. The summed E-state index contributed by atoms with van der Waals surface area (Å²) in [5.41, 5.74) is -6.24. The Bertz CT molecular complexity index is 1480. The topological polar surface area (TPSA) is 109 Å². The van der Waals surface area contributed by atoms with Crippen LogP contribution in [0.5, 0.6) is 5.88 Å². The van der Waals surface area contributed by atoms with Crippen molar-refractivity contribution in [3.8, 4) is 17.5 Å². The number of carbonyl (C=O) groups is 1. The molecule has 3 aromatic rings. The van der Waals surface area contributed by atoms with Crippen molar-refractivity contribution in [3.63, 3.8) is 0 Å². The number of hydrogen-bond acceptors (Lipinski definition) is 8. The number of rotatable bonds is 4. The minimum Gasteiger partial charge on any atom is -0.474 e. The van der Waals surface area contributed by atoms with Gasteiger partial charge in [0.15, 0.2) is 5.69 Å². The van der Waals surface area contributed by atoms with Gasteiger partial charge >= 0.3 is 18.4 Å². The van der Waals surface area contributed by atoms with Crippen LogP contribution in [0.4, 0.5) is 36.8 Å². The molecule has 15 heteroatoms. The molecule has 0 saturated heterocycles. The van der Waals surface area contributed by atoms with Crippen molar-refractivity contribution >= 4 is 11.8 Å². The predicted molar refractivity (Wildman–Crippen MR) is 144 cm³/mol. The number of halogens is 6. The highest BCUT2D eigenvalue weighted by Gasteiger charge is 2.61. The lowest BCUT2D eigenvalue weighted by Gasteiger charge is -2.32. The first-order valence-corrected chi connectivity index (χ1v) is 13.5. The number of aromatic nitrogens is 3. The van der Waals surface area contributed by atoms with Gasteiger partial charge in [0.1, 0.15) is 17.3 Å². The molecule has 2 atom stereocenters. The Morgan fingerprint density at radius 2 is 1.77 bits per heavy atom. The average Bonchev–Trinajstić information content (AvgIpc) is 3.39. The molecule has 1 amide bonds. The van der Waals surface area contributed by atoms with E-state index in [1.54, 1.807) is 30.3 Å². The lowest BCUT2D eigenvalue weighted by molar-refractivity contribution is -0.299. The SMILES string of the molecule is C[C@@H]1C/C=C\CC[C@](OCc2ccccc2)(C(F)(F)F)c2nnc(o2)-c2nc(c(C(F)(F)F)cc2NC(=O)OC(C)(C)C)O1. The van der Waals surface area contributed by atoms with Crippen molar-refractivity contribution < 1.29 is 49.8 Å². The van der Waals surface area contributed by atoms with Crippen LogP contribution in [0.1, 0.15) is 64.0 Å². The van der Waals surface area contributed by atoms with Crippen molar-refractivity contribution in [2.24, 2.45) is 0 Å². The largest absolute Gasteiger partial charge is 0.474 e. The van der Waals surface area contributed by atoms with Gasteiger partial charge < -0.3 is 18.6 Å². The Labute approximate surface area is 248 Å². The molecule has 0 fully saturated rings. The van der Waals surface area contributed by atoms with E-state index in [-0.39, 0.29) is 12.8 Å². The van der Waals surface area contributed by atoms with Gasteiger partial charge in [0.25, 0.3) is 11.8 Å². The third-order valence-corrected chi connectivity index (χ3v) is 6.30. The number of alkyl halides is 6. The number of allylic oxidation sites excluding steroid dienone is 1. The maximum Gasteiger partial charge on any atom is 0.426 e. The summed E-state index contributed by atoms with van der Waals surface area (Å²) in [6.45, 7) is 5.58. The quantitative estimate of drug-likeness (QED) is 0.229. The molecule has 1 aliphatic heterocycles. The molecule has 0 unspecified atom stereocenters. The maximum atomic E-state index is 14.9. The Hall–Kier alpha value is -4.14. The van der Waals surface area contributed by atoms with E-state index in [4.69, 9.17) is 18.6 Å². The van der Waals surface area contributed by atoms with Crippen molar-refractivity contribution in [2.75, 3.05) is 5.32 Å². The second kappa shape index (κ2) is 12.5. The van der Waals surface area contributed by atoms with Crippen molar-refractivity contribution in [3.05, 3.63) is 65.6 Å². The Morgan fingerprint density at radius 3 is 2.41 bits per heavy atom. The molecule has 2 aromatic heterocycles. The first-order valence-electron chi connectivity index (χ1n) is 13.5. The number of amides is 1. The molecule has 3 heterocycles. The average molecular weight is 629 g/mol. The van der Waals surface area contributed by atoms with Gasteiger partial charge in [-0.1, -0.05) is 42.5 Å². The standard InChI is InChI=1S/C29H30F6N4O5/c1-17-11-7-6-10-14-27(29(33,34)35,41-16-18-12-8-5-9-13-18)24-39-38-23(43-24)21-20(36-25(40)44-26(2,3)4)15-19(28(30,31)32)22(37-21)42-17/h5-9,12-13,15,17H,10-11,14,16H2,1-4H3,(H,36,40)/b7-6-/t17-,27-/m1/s1. The number of nitrogens with one attached hydrogen (secondary N) is 1. The highest BCUT2D eigenvalue weighted by molar-refractivity contribution is 5.89. The van der Waals surface area contributed by atoms with Crippen molar-refractivity contribution in [1.29, 1.82) is 0 Å². The van der Waals surface area contributed by atoms with Crippen LogP contribution in [0.15, 0.2) is 53.0 Å². The van der Waals surface area contributed by atoms with Gasteiger partial charge in [-0.05, 0) is 52.2 Å². The third kappa shape index (κ3) is 7.68. The van der Waals surface area contributed by atoms with E-state index < -0.39 is 83.4 Å². The fourth-order valence-corrected chi connectivity index (χ4v) is 4.24. The summed E-state index contributed by atoms with van der Waals surface area (Å²) in [5, 5.41) is 9.48. The van der Waals surface area contributed by atoms with Gasteiger partial charge in [0.2, 0.25) is 11.5 Å². The summed E-state index contributed by atoms with van der Waals surface area (Å²) in [5.74, 6) is -2.62. The minimum absolute atomic E-state index is 0.0501. The zero-order valence-corrected chi connectivity index (χ0v) is 24.2. The van der Waals surface area contributed by atoms with Gasteiger partial charge in [-0.3, -0.25) is 5.32 Å². The van der Waals surface area contributed by atoms with Crippen molar-refractivity contribution in [2.45, 2.75) is 83.2 Å². The number of nitrogens with zero attached hydrogens (tertiary/aromatic N) is 3. The van der Waals surface area contributed by atoms with E-state index in [2.05, 4.69) is 20.5 Å². The number of anilines is 1. The summed E-state index contributed by atoms with van der Waals surface area (Å²) in [6, 6.07) is 8.64. The van der Waals surface area contributed by atoms with Gasteiger partial charge in [0.05, 0.1) is 12.3 Å². The number of pyridine rings is 1. The van der Waals surface area contributed by atoms with E-state index >= 15 is 0 Å². The Morgan fingerprint density at radius 1 is 1.07 bits per heavy atom. The second-order valence-corrected chi connectivity index (χ2v) is 11.0. The molecule has 238 valence electrons. The van der Waals surface area contributed by atoms with E-state index in [1.807, 2.05) is 0 Å². The van der Waals surface area contributed by atoms with Gasteiger partial charge in [-0.25, -0.2) is 9.78 Å². The van der Waals surface area contributed by atoms with Gasteiger partial charge in [0, 0.05) is 6.42 Å². The number of benzene rings is 1. The summed E-state index contributed by atoms with van der Waals surface area (Å²) in [4.78, 5) is 16.5. The minimum atomic E-state index is -5.07. The smallest absolute Gasteiger partial charge is 0.426 e. The highest BCUT2D eigenvalue weighted by atomic mass is 19.4. The zero-order valence-electron chi connectivity index (χ0n) is 24.2. The van der Waals surface area contributed by atoms with E-state index in [9.17, 15) is 31.1 Å². The number of hydrogen-bond donors (Lipinski definition) is 1. The second-order valence-electron chi connectivity index (χ2n) is 11.0. The van der Waals surface area contributed by atoms with Crippen LogP contribution in [0.25, 0.3) is 11.6 Å². The van der Waals surface area contributed by atoms with Crippen LogP contribution >= 0.6 is 0 Å². The summed E-state index contributed by atoms with van der Waals surface area (Å²) >= 11 is 0. The van der Waals surface area contributed by atoms with Crippen LogP contribution < -0.4 is 10.1 Å². The fourth-order valence-electron chi connectivity index (χ4n) is 4.24. The normalized spacial score (nSPS) is 20.3. The molecule has 1 N–H and O–H groups in total. The molecule has 0 aliphatic carbocycles. The molecular weight excluding hydrogens is 598 g/mol. The molecular formula is C29H30F6N4O5. The number of fused-ring (bicyclic) bond motifs is 5. The molecule has 4 rings (SSSR count). The molecule has 44 heavy (non-hydrogen) atoms. The van der Waals surface area contributed by atoms with Crippen LogP contribution in [0.3, 0.4) is 0 Å². The van der Waals surface area contributed by atoms with Crippen LogP contribution in [-0.2, 0) is 27.9 Å². The van der Waals surface area contributed by atoms with E-state index in [1.165, 1.54) is 39.8 Å². The first-order chi connectivity index (χ1) is 20.5. The molecule has 0 spiro atoms. The first kappa shape index (κ1) is 32.8. The number of ether oxygens (including phenoxy) is 3. The zero-order chi connectivity index (χ0) is 32.3. The van der Waals surface area contributed by atoms with Gasteiger partial charge in [-0.15, -0.1) is 10.2 Å². The summed E-state index contributed by atoms with van der Waals surface area (Å²) < 4.78 is 109. The molecule has 4 bridgehead atoms. The van der Waals surface area contributed by atoms with Crippen molar-refractivity contribution in [1.82, 2.24) is 15.2 Å². The summed E-state index contributed by atoms with van der Waals surface area (Å²) in [6.07, 6.45) is -9.95. The summed E-state index contributed by atoms with van der Waals surface area (Å²) in [7, 11) is 0. The molecule has 0 saturated carbocycles. The monoisotopic (exact) mass is 628 g/mol. The molecule has 1 aliphatic rings. The van der Waals surface area contributed by atoms with E-state index in [0.717, 1.165) is 0 Å². The van der Waals surface area contributed by atoms with Crippen LogP contribution in [0.2, 0.25) is 0 Å². The lowest BCUT2D eigenvalue weighted by Crippen LogP contribution is -2.45. The number of carbonyl (C=O) groups excluding carboxylic acids is 1. The molecule has 1 aromatic carbocycles. The maximum absolute atomic E-state index is 14.9. The lowest BCUT2D eigenvalue weighted by atomic mass is 9.95. The van der Waals surface area contributed by atoms with Gasteiger partial charge in [-0.2, -0.15) is 26.3 Å². The third-order valence-electron chi connectivity index (χ3n) is 6.30. The predicted octanol–water partition coefficient (Wildman–Crippen LogP) is 7.98. The van der Waals surface area contributed by atoms with E-state index in [0.29, 0.717) is 11.6 Å². The van der Waals surface area contributed by atoms with Crippen LogP contribution in [-0.4, -0.2) is 39.2 Å².